The van der Waals surface area contributed by atoms with Crippen LogP contribution in [0.5, 0.6) is 0 Å². The maximum atomic E-state index is 8.69. The Bertz CT molecular complexity index is 164. The summed E-state index contributed by atoms with van der Waals surface area (Å²) in [5.74, 6) is 0.912. The van der Waals surface area contributed by atoms with Crippen molar-refractivity contribution in [3.05, 3.63) is 0 Å². The van der Waals surface area contributed by atoms with Crippen molar-refractivity contribution in [2.75, 3.05) is 13.2 Å². The van der Waals surface area contributed by atoms with E-state index in [1.54, 1.807) is 0 Å². The Balaban J connectivity index is 2.01. The van der Waals surface area contributed by atoms with Gasteiger partial charge in [0, 0.05) is 12.6 Å². The molecule has 1 aliphatic rings. The van der Waals surface area contributed by atoms with Crippen LogP contribution < -0.4 is 5.32 Å². The molecule has 1 fully saturated rings. The second-order valence-corrected chi connectivity index (χ2v) is 5.63. The minimum atomic E-state index is 0.353. The highest BCUT2D eigenvalue weighted by Gasteiger charge is 2.17. The first-order valence-corrected chi connectivity index (χ1v) is 7.69. The van der Waals surface area contributed by atoms with Crippen LogP contribution in [0.25, 0.3) is 0 Å². The number of nitrogens with one attached hydrogen (secondary N) is 1. The van der Waals surface area contributed by atoms with Crippen LogP contribution in [0.15, 0.2) is 0 Å². The van der Waals surface area contributed by atoms with Crippen molar-refractivity contribution < 1.29 is 5.11 Å². The molecule has 0 heterocycles. The summed E-state index contributed by atoms with van der Waals surface area (Å²) >= 11 is 0. The molecule has 0 saturated heterocycles. The molecule has 2 heteroatoms. The molecule has 1 rings (SSSR count). The van der Waals surface area contributed by atoms with E-state index in [1.807, 2.05) is 0 Å². The molecule has 0 bridgehead atoms. The van der Waals surface area contributed by atoms with Crippen molar-refractivity contribution in [1.29, 1.82) is 0 Å². The number of hydrogen-bond acceptors (Lipinski definition) is 2. The lowest BCUT2D eigenvalue weighted by Crippen LogP contribution is -2.34. The molecule has 0 amide bonds. The van der Waals surface area contributed by atoms with E-state index in [2.05, 4.69) is 12.2 Å². The summed E-state index contributed by atoms with van der Waals surface area (Å²) < 4.78 is 0. The van der Waals surface area contributed by atoms with Gasteiger partial charge in [-0.1, -0.05) is 38.5 Å². The fraction of sp³-hybridized carbons (Fsp3) is 1.00. The number of hydrogen-bond donors (Lipinski definition) is 2. The summed E-state index contributed by atoms with van der Waals surface area (Å²) in [5.41, 5.74) is 0. The van der Waals surface area contributed by atoms with Gasteiger partial charge in [-0.25, -0.2) is 0 Å². The van der Waals surface area contributed by atoms with Crippen LogP contribution >= 0.6 is 0 Å². The monoisotopic (exact) mass is 241 g/mol. The zero-order valence-electron chi connectivity index (χ0n) is 11.6. The quantitative estimate of drug-likeness (QED) is 0.503. The van der Waals surface area contributed by atoms with Crippen molar-refractivity contribution in [3.63, 3.8) is 0 Å². The van der Waals surface area contributed by atoms with Gasteiger partial charge in [0.1, 0.15) is 0 Å². The lowest BCUT2D eigenvalue weighted by Gasteiger charge is -2.23. The van der Waals surface area contributed by atoms with Gasteiger partial charge >= 0.3 is 0 Å². The minimum absolute atomic E-state index is 0.353. The fourth-order valence-electron chi connectivity index (χ4n) is 2.90. The summed E-state index contributed by atoms with van der Waals surface area (Å²) in [6.07, 6.45) is 13.3. The zero-order valence-corrected chi connectivity index (χ0v) is 11.6. The van der Waals surface area contributed by atoms with Crippen molar-refractivity contribution in [2.24, 2.45) is 5.92 Å². The zero-order chi connectivity index (χ0) is 12.3. The van der Waals surface area contributed by atoms with Gasteiger partial charge in [-0.2, -0.15) is 0 Å². The maximum Gasteiger partial charge on any atom is 0.0431 e. The van der Waals surface area contributed by atoms with E-state index in [4.69, 9.17) is 5.11 Å². The number of unbranched alkanes of at least 4 members (excludes halogenated alkanes) is 3. The second kappa shape index (κ2) is 9.90. The Labute approximate surface area is 107 Å². The molecule has 102 valence electrons. The Morgan fingerprint density at radius 1 is 1.00 bits per heavy atom. The molecular formula is C15H31NO. The molecule has 1 atom stereocenters. The van der Waals surface area contributed by atoms with Gasteiger partial charge in [-0.15, -0.1) is 0 Å². The van der Waals surface area contributed by atoms with Crippen LogP contribution in [0.1, 0.15) is 71.1 Å². The minimum Gasteiger partial charge on any atom is -0.396 e. The summed E-state index contributed by atoms with van der Waals surface area (Å²) in [7, 11) is 0. The summed E-state index contributed by atoms with van der Waals surface area (Å²) in [5, 5.41) is 12.4. The first-order chi connectivity index (χ1) is 8.34. The number of aliphatic hydroxyl groups excluding tert-OH is 1. The summed E-state index contributed by atoms with van der Waals surface area (Å²) in [6.45, 7) is 3.87. The third-order valence-electron chi connectivity index (χ3n) is 4.16. The molecule has 0 unspecified atom stereocenters. The third kappa shape index (κ3) is 7.05. The van der Waals surface area contributed by atoms with E-state index >= 15 is 0 Å². The molecule has 2 N–H and O–H groups in total. The molecule has 0 aromatic rings. The van der Waals surface area contributed by atoms with Crippen LogP contribution in [-0.4, -0.2) is 24.3 Å². The van der Waals surface area contributed by atoms with E-state index in [1.165, 1.54) is 57.8 Å². The Kier molecular flexibility index (Phi) is 8.72. The summed E-state index contributed by atoms with van der Waals surface area (Å²) in [4.78, 5) is 0. The van der Waals surface area contributed by atoms with Gasteiger partial charge in [0.2, 0.25) is 0 Å². The molecule has 0 aliphatic heterocycles. The smallest absolute Gasteiger partial charge is 0.0431 e. The average Bonchev–Trinajstić information content (AvgIpc) is 2.62. The highest BCUT2D eigenvalue weighted by Crippen LogP contribution is 2.25. The number of rotatable bonds is 8. The third-order valence-corrected chi connectivity index (χ3v) is 4.16. The van der Waals surface area contributed by atoms with E-state index in [9.17, 15) is 0 Å². The molecule has 0 spiro atoms. The van der Waals surface area contributed by atoms with Crippen LogP contribution in [0, 0.1) is 5.92 Å². The second-order valence-electron chi connectivity index (χ2n) is 5.63. The van der Waals surface area contributed by atoms with Gasteiger partial charge in [-0.3, -0.25) is 0 Å². The molecule has 1 saturated carbocycles. The van der Waals surface area contributed by atoms with E-state index < -0.39 is 0 Å². The molecule has 2 nitrogen and oxygen atoms in total. The van der Waals surface area contributed by atoms with Gasteiger partial charge < -0.3 is 10.4 Å². The van der Waals surface area contributed by atoms with Crippen LogP contribution in [-0.2, 0) is 0 Å². The first kappa shape index (κ1) is 15.0. The predicted octanol–water partition coefficient (Wildman–Crippen LogP) is 3.49. The Morgan fingerprint density at radius 3 is 2.29 bits per heavy atom. The van der Waals surface area contributed by atoms with Crippen LogP contribution in [0.3, 0.4) is 0 Å². The van der Waals surface area contributed by atoms with Crippen molar-refractivity contribution in [1.82, 2.24) is 5.32 Å². The fourth-order valence-corrected chi connectivity index (χ4v) is 2.90. The normalized spacial score (nSPS) is 20.1. The van der Waals surface area contributed by atoms with Crippen LogP contribution in [0.4, 0.5) is 0 Å². The number of aliphatic hydroxyl groups is 1. The van der Waals surface area contributed by atoms with Crippen LogP contribution in [0.2, 0.25) is 0 Å². The lowest BCUT2D eigenvalue weighted by atomic mass is 9.93. The van der Waals surface area contributed by atoms with Gasteiger partial charge in [0.15, 0.2) is 0 Å². The predicted molar refractivity (Wildman–Crippen MR) is 74.2 cm³/mol. The highest BCUT2D eigenvalue weighted by atomic mass is 16.2. The summed E-state index contributed by atoms with van der Waals surface area (Å²) in [6, 6.07) is 0.700. The standard InChI is InChI=1S/C15H31NO/c1-14(15-10-6-2-3-7-11-15)16-12-8-4-5-9-13-17/h14-17H,2-13H2,1H3/t14-/m0/s1. The van der Waals surface area contributed by atoms with Crippen molar-refractivity contribution >= 4 is 0 Å². The maximum absolute atomic E-state index is 8.69. The SMILES string of the molecule is C[C@H](NCCCCCCO)C1CCCCCC1. The average molecular weight is 241 g/mol. The first-order valence-electron chi connectivity index (χ1n) is 7.69. The van der Waals surface area contributed by atoms with E-state index in [0.29, 0.717) is 12.6 Å². The molecule has 0 radical (unpaired) electrons. The van der Waals surface area contributed by atoms with Crippen molar-refractivity contribution in [2.45, 2.75) is 77.2 Å². The Hall–Kier alpha value is -0.0800. The molecule has 0 aromatic heterocycles. The van der Waals surface area contributed by atoms with E-state index in [0.717, 1.165) is 18.9 Å². The lowest BCUT2D eigenvalue weighted by molar-refractivity contribution is 0.281. The molecule has 17 heavy (non-hydrogen) atoms. The largest absolute Gasteiger partial charge is 0.396 e. The highest BCUT2D eigenvalue weighted by molar-refractivity contribution is 4.74. The topological polar surface area (TPSA) is 32.3 Å². The Morgan fingerprint density at radius 2 is 1.65 bits per heavy atom. The molecule has 0 aromatic carbocycles. The van der Waals surface area contributed by atoms with Gasteiger partial charge in [0.05, 0.1) is 0 Å². The van der Waals surface area contributed by atoms with Crippen molar-refractivity contribution in [3.8, 4) is 0 Å². The molecular weight excluding hydrogens is 210 g/mol. The molecule has 1 aliphatic carbocycles. The van der Waals surface area contributed by atoms with E-state index in [-0.39, 0.29) is 0 Å². The van der Waals surface area contributed by atoms with Gasteiger partial charge in [-0.05, 0) is 45.1 Å². The van der Waals surface area contributed by atoms with Gasteiger partial charge in [0.25, 0.3) is 0 Å².